The maximum Gasteiger partial charge on any atom is 0.169 e. The van der Waals surface area contributed by atoms with Crippen LogP contribution in [0.25, 0.3) is 0 Å². The molecular weight excluding hydrogens is 240 g/mol. The Morgan fingerprint density at radius 1 is 1.11 bits per heavy atom. The fraction of sp³-hybridized carbons (Fsp3) is 0.750. The van der Waals surface area contributed by atoms with Gasteiger partial charge in [-0.15, -0.1) is 0 Å². The van der Waals surface area contributed by atoms with E-state index in [-0.39, 0.29) is 29.3 Å². The molecule has 1 N–H and O–H groups in total. The lowest BCUT2D eigenvalue weighted by atomic mass is 9.53. The van der Waals surface area contributed by atoms with E-state index < -0.39 is 11.0 Å². The average Bonchev–Trinajstić information content (AvgIpc) is 2.61. The monoisotopic (exact) mass is 260 g/mol. The largest absolute Gasteiger partial charge is 0.381 e. The van der Waals surface area contributed by atoms with Crippen molar-refractivity contribution in [3.63, 3.8) is 0 Å². The summed E-state index contributed by atoms with van der Waals surface area (Å²) in [6.45, 7) is 0. The van der Waals surface area contributed by atoms with E-state index in [4.69, 9.17) is 0 Å². The molecule has 102 valence electrons. The molecule has 19 heavy (non-hydrogen) atoms. The van der Waals surface area contributed by atoms with Crippen LogP contribution >= 0.6 is 0 Å². The lowest BCUT2D eigenvalue weighted by molar-refractivity contribution is -0.181. The molecule has 0 heterocycles. The van der Waals surface area contributed by atoms with E-state index in [1.165, 1.54) is 0 Å². The summed E-state index contributed by atoms with van der Waals surface area (Å²) in [5.74, 6) is 0.0507. The molecule has 3 nitrogen and oxygen atoms in total. The van der Waals surface area contributed by atoms with Crippen molar-refractivity contribution in [3.8, 4) is 0 Å². The molecule has 0 aromatic heterocycles. The second-order valence-electron chi connectivity index (χ2n) is 6.86. The number of ketones is 2. The number of hydrogen-bond acceptors (Lipinski definition) is 3. The molecule has 4 aliphatic rings. The van der Waals surface area contributed by atoms with Gasteiger partial charge in [0.25, 0.3) is 0 Å². The molecule has 5 unspecified atom stereocenters. The van der Waals surface area contributed by atoms with E-state index in [0.717, 1.165) is 32.1 Å². The lowest BCUT2D eigenvalue weighted by Crippen LogP contribution is -2.65. The third-order valence-corrected chi connectivity index (χ3v) is 6.32. The van der Waals surface area contributed by atoms with Gasteiger partial charge >= 0.3 is 0 Å². The first-order valence-corrected chi connectivity index (χ1v) is 7.57. The number of Topliss-reactive ketones (excluding diaryl/α,β-unsaturated/α-hetero) is 2. The topological polar surface area (TPSA) is 54.4 Å². The average molecular weight is 260 g/mol. The summed E-state index contributed by atoms with van der Waals surface area (Å²) in [5, 5.41) is 11.2. The first-order chi connectivity index (χ1) is 9.11. The SMILES string of the molecule is O=C1C2CC=CCC1(O)C13CCCCC1CC2C3=O. The summed E-state index contributed by atoms with van der Waals surface area (Å²) in [4.78, 5) is 25.7. The molecule has 0 saturated heterocycles. The Balaban J connectivity index is 1.95. The Labute approximate surface area is 113 Å². The summed E-state index contributed by atoms with van der Waals surface area (Å²) in [6, 6.07) is 0. The Morgan fingerprint density at radius 3 is 2.79 bits per heavy atom. The number of allylic oxidation sites excluding steroid dienone is 1. The Morgan fingerprint density at radius 2 is 1.95 bits per heavy atom. The second-order valence-corrected chi connectivity index (χ2v) is 6.86. The summed E-state index contributed by atoms with van der Waals surface area (Å²) in [7, 11) is 0. The minimum Gasteiger partial charge on any atom is -0.381 e. The lowest BCUT2D eigenvalue weighted by Gasteiger charge is -2.51. The van der Waals surface area contributed by atoms with Crippen molar-refractivity contribution in [2.24, 2.45) is 23.2 Å². The minimum absolute atomic E-state index is 0.0356. The zero-order chi connectivity index (χ0) is 13.3. The van der Waals surface area contributed by atoms with Crippen molar-refractivity contribution in [2.45, 2.75) is 50.5 Å². The molecular formula is C16H20O3. The Kier molecular flexibility index (Phi) is 2.22. The number of hydrogen-bond donors (Lipinski definition) is 1. The highest BCUT2D eigenvalue weighted by Gasteiger charge is 2.73. The molecule has 0 aromatic carbocycles. The van der Waals surface area contributed by atoms with E-state index in [0.29, 0.717) is 12.8 Å². The molecule has 4 bridgehead atoms. The molecule has 4 rings (SSSR count). The van der Waals surface area contributed by atoms with Gasteiger partial charge in [-0.25, -0.2) is 0 Å². The number of carbonyl (C=O) groups is 2. The van der Waals surface area contributed by atoms with Crippen LogP contribution in [0.15, 0.2) is 12.2 Å². The zero-order valence-corrected chi connectivity index (χ0v) is 11.1. The van der Waals surface area contributed by atoms with Crippen LogP contribution in [-0.4, -0.2) is 22.3 Å². The van der Waals surface area contributed by atoms with Crippen molar-refractivity contribution in [3.05, 3.63) is 12.2 Å². The van der Waals surface area contributed by atoms with Gasteiger partial charge in [0.05, 0.1) is 5.41 Å². The van der Waals surface area contributed by atoms with Crippen molar-refractivity contribution in [1.82, 2.24) is 0 Å². The normalized spacial score (nSPS) is 51.9. The molecule has 0 radical (unpaired) electrons. The number of rotatable bonds is 0. The number of carbonyl (C=O) groups excluding carboxylic acids is 2. The minimum atomic E-state index is -1.40. The van der Waals surface area contributed by atoms with Crippen molar-refractivity contribution in [1.29, 1.82) is 0 Å². The molecule has 3 heteroatoms. The molecule has 4 aliphatic carbocycles. The van der Waals surface area contributed by atoms with Crippen LogP contribution in [-0.2, 0) is 9.59 Å². The first-order valence-electron chi connectivity index (χ1n) is 7.57. The van der Waals surface area contributed by atoms with Gasteiger partial charge in [-0.05, 0) is 31.6 Å². The van der Waals surface area contributed by atoms with E-state index in [9.17, 15) is 14.7 Å². The van der Waals surface area contributed by atoms with Crippen LogP contribution in [0.1, 0.15) is 44.9 Å². The molecule has 3 saturated carbocycles. The highest BCUT2D eigenvalue weighted by molar-refractivity contribution is 6.07. The van der Waals surface area contributed by atoms with Crippen LogP contribution in [0, 0.1) is 23.2 Å². The van der Waals surface area contributed by atoms with Gasteiger partial charge in [0.2, 0.25) is 0 Å². The zero-order valence-electron chi connectivity index (χ0n) is 11.1. The van der Waals surface area contributed by atoms with Crippen LogP contribution in [0.2, 0.25) is 0 Å². The fourth-order valence-corrected chi connectivity index (χ4v) is 5.49. The third-order valence-electron chi connectivity index (χ3n) is 6.32. The maximum absolute atomic E-state index is 12.9. The smallest absolute Gasteiger partial charge is 0.169 e. The molecule has 1 spiro atoms. The van der Waals surface area contributed by atoms with Gasteiger partial charge in [-0.2, -0.15) is 0 Å². The predicted octanol–water partition coefficient (Wildman–Crippen LogP) is 2.03. The van der Waals surface area contributed by atoms with Gasteiger partial charge in [0.1, 0.15) is 11.4 Å². The van der Waals surface area contributed by atoms with Crippen LogP contribution in [0.5, 0.6) is 0 Å². The van der Waals surface area contributed by atoms with Crippen LogP contribution in [0.4, 0.5) is 0 Å². The van der Waals surface area contributed by atoms with Crippen molar-refractivity contribution < 1.29 is 14.7 Å². The Hall–Kier alpha value is -0.960. The van der Waals surface area contributed by atoms with E-state index >= 15 is 0 Å². The summed E-state index contributed by atoms with van der Waals surface area (Å²) < 4.78 is 0. The third kappa shape index (κ3) is 1.14. The standard InChI is InChI=1S/C16H20O3/c17-13-12-9-10-5-1-3-7-15(10,13)16(19)8-4-2-6-11(12)14(16)18/h2,4,10-12,19H,1,3,5-9H2. The second kappa shape index (κ2) is 3.57. The van der Waals surface area contributed by atoms with Gasteiger partial charge in [0.15, 0.2) is 5.78 Å². The van der Waals surface area contributed by atoms with Crippen LogP contribution in [0.3, 0.4) is 0 Å². The number of fused-ring (bicyclic) bond motifs is 4. The highest BCUT2D eigenvalue weighted by Crippen LogP contribution is 2.64. The quantitative estimate of drug-likeness (QED) is 0.678. The molecule has 5 atom stereocenters. The van der Waals surface area contributed by atoms with E-state index in [1.807, 2.05) is 12.2 Å². The molecule has 0 aromatic rings. The predicted molar refractivity (Wildman–Crippen MR) is 69.3 cm³/mol. The maximum atomic E-state index is 12.9. The van der Waals surface area contributed by atoms with Gasteiger partial charge < -0.3 is 5.11 Å². The summed E-state index contributed by atoms with van der Waals surface area (Å²) in [5.41, 5.74) is -2.14. The molecule has 0 aliphatic heterocycles. The van der Waals surface area contributed by atoms with Crippen molar-refractivity contribution in [2.75, 3.05) is 0 Å². The van der Waals surface area contributed by atoms with E-state index in [2.05, 4.69) is 0 Å². The summed E-state index contributed by atoms with van der Waals surface area (Å²) in [6.07, 6.45) is 9.57. The highest BCUT2D eigenvalue weighted by atomic mass is 16.3. The molecule has 0 amide bonds. The van der Waals surface area contributed by atoms with E-state index in [1.54, 1.807) is 0 Å². The Bertz CT molecular complexity index is 494. The first kappa shape index (κ1) is 11.8. The fourth-order valence-electron chi connectivity index (χ4n) is 5.49. The van der Waals surface area contributed by atoms with Gasteiger partial charge in [-0.1, -0.05) is 25.0 Å². The van der Waals surface area contributed by atoms with Gasteiger partial charge in [-0.3, -0.25) is 9.59 Å². The molecule has 3 fully saturated rings. The van der Waals surface area contributed by atoms with Crippen molar-refractivity contribution >= 4 is 11.6 Å². The summed E-state index contributed by atoms with van der Waals surface area (Å²) >= 11 is 0. The van der Waals surface area contributed by atoms with Gasteiger partial charge in [0, 0.05) is 18.3 Å². The number of aliphatic hydroxyl groups is 1. The van der Waals surface area contributed by atoms with Crippen LogP contribution < -0.4 is 0 Å².